The van der Waals surface area contributed by atoms with Crippen molar-refractivity contribution in [3.8, 4) is 5.75 Å². The number of rotatable bonds is 6. The summed E-state index contributed by atoms with van der Waals surface area (Å²) in [6.07, 6.45) is 5.90. The molecule has 106 valence electrons. The van der Waals surface area contributed by atoms with Gasteiger partial charge in [0.1, 0.15) is 5.75 Å². The Hall–Kier alpha value is -0.210. The molecule has 0 saturated heterocycles. The summed E-state index contributed by atoms with van der Waals surface area (Å²) >= 11 is 10.2. The lowest BCUT2D eigenvalue weighted by Crippen LogP contribution is -2.09. The van der Waals surface area contributed by atoms with Crippen LogP contribution in [-0.2, 0) is 6.42 Å². The second-order valence-corrected chi connectivity index (χ2v) is 6.74. The second-order valence-electron chi connectivity index (χ2n) is 5.32. The Morgan fingerprint density at radius 1 is 1.26 bits per heavy atom. The van der Waals surface area contributed by atoms with Gasteiger partial charge in [-0.15, -0.1) is 0 Å². The van der Waals surface area contributed by atoms with Gasteiger partial charge in [-0.2, -0.15) is 0 Å². The molecule has 1 heterocycles. The molecule has 0 amide bonds. The highest BCUT2D eigenvalue weighted by molar-refractivity contribution is 9.09. The van der Waals surface area contributed by atoms with Crippen LogP contribution in [0, 0.1) is 5.92 Å². The van der Waals surface area contributed by atoms with Crippen molar-refractivity contribution >= 4 is 27.5 Å². The Morgan fingerprint density at radius 3 is 2.58 bits per heavy atom. The van der Waals surface area contributed by atoms with Gasteiger partial charge in [-0.3, -0.25) is 0 Å². The van der Waals surface area contributed by atoms with Gasteiger partial charge in [0, 0.05) is 21.8 Å². The molecule has 2 rings (SSSR count). The molecule has 0 spiro atoms. The smallest absolute Gasteiger partial charge is 0.127 e. The molecule has 1 aliphatic rings. The van der Waals surface area contributed by atoms with Gasteiger partial charge in [-0.1, -0.05) is 54.2 Å². The van der Waals surface area contributed by atoms with Gasteiger partial charge in [-0.25, -0.2) is 0 Å². The lowest BCUT2D eigenvalue weighted by molar-refractivity contribution is 0.347. The van der Waals surface area contributed by atoms with E-state index in [0.29, 0.717) is 10.7 Å². The molecule has 0 aliphatic carbocycles. The summed E-state index contributed by atoms with van der Waals surface area (Å²) in [4.78, 5) is 0.345. The number of hydrogen-bond acceptors (Lipinski definition) is 1. The number of fused-ring (bicyclic) bond motifs is 1. The predicted octanol–water partition coefficient (Wildman–Crippen LogP) is 5.93. The molecular formula is C16H22BrClO. The Kier molecular flexibility index (Phi) is 5.58. The third-order valence-corrected chi connectivity index (χ3v) is 5.27. The Bertz CT molecular complexity index is 427. The monoisotopic (exact) mass is 344 g/mol. The maximum absolute atomic E-state index is 6.26. The van der Waals surface area contributed by atoms with Crippen LogP contribution in [0.1, 0.15) is 55.5 Å². The van der Waals surface area contributed by atoms with Crippen LogP contribution in [0.5, 0.6) is 5.75 Å². The highest BCUT2D eigenvalue weighted by atomic mass is 79.9. The first-order valence-electron chi connectivity index (χ1n) is 7.26. The quantitative estimate of drug-likeness (QED) is 0.581. The molecule has 0 radical (unpaired) electrons. The van der Waals surface area contributed by atoms with Crippen molar-refractivity contribution in [1.82, 2.24) is 0 Å². The van der Waals surface area contributed by atoms with Crippen LogP contribution >= 0.6 is 27.5 Å². The third kappa shape index (κ3) is 3.46. The van der Waals surface area contributed by atoms with Crippen molar-refractivity contribution in [3.63, 3.8) is 0 Å². The van der Waals surface area contributed by atoms with Crippen molar-refractivity contribution in [2.24, 2.45) is 5.92 Å². The van der Waals surface area contributed by atoms with E-state index in [2.05, 4.69) is 35.8 Å². The topological polar surface area (TPSA) is 9.23 Å². The standard InChI is InChI=1S/C16H22BrClO/c1-3-5-11(6-4-2)15(17)14-10-13(18)9-12-7-8-19-16(12)14/h9-11,15H,3-8H2,1-2H3. The third-order valence-electron chi connectivity index (χ3n) is 3.81. The minimum atomic E-state index is 0.345. The summed E-state index contributed by atoms with van der Waals surface area (Å²) in [5, 5.41) is 0.829. The number of alkyl halides is 1. The molecule has 1 unspecified atom stereocenters. The van der Waals surface area contributed by atoms with E-state index in [0.717, 1.165) is 23.8 Å². The Morgan fingerprint density at radius 2 is 1.95 bits per heavy atom. The molecule has 3 heteroatoms. The summed E-state index contributed by atoms with van der Waals surface area (Å²) in [6.45, 7) is 5.29. The van der Waals surface area contributed by atoms with Crippen LogP contribution in [0.2, 0.25) is 5.02 Å². The van der Waals surface area contributed by atoms with Crippen molar-refractivity contribution in [3.05, 3.63) is 28.3 Å². The van der Waals surface area contributed by atoms with Gasteiger partial charge in [0.2, 0.25) is 0 Å². The fourth-order valence-electron chi connectivity index (χ4n) is 2.94. The molecule has 1 atom stereocenters. The largest absolute Gasteiger partial charge is 0.493 e. The summed E-state index contributed by atoms with van der Waals surface area (Å²) in [5.74, 6) is 1.73. The van der Waals surface area contributed by atoms with Crippen LogP contribution in [0.15, 0.2) is 12.1 Å². The van der Waals surface area contributed by atoms with Gasteiger partial charge < -0.3 is 4.74 Å². The number of benzene rings is 1. The Balaban J connectivity index is 2.29. The van der Waals surface area contributed by atoms with E-state index in [1.807, 2.05) is 6.07 Å². The molecule has 0 saturated carbocycles. The number of ether oxygens (including phenoxy) is 1. The zero-order chi connectivity index (χ0) is 13.8. The second kappa shape index (κ2) is 6.99. The number of halogens is 2. The maximum atomic E-state index is 6.26. The van der Waals surface area contributed by atoms with Crippen LogP contribution in [0.4, 0.5) is 0 Å². The van der Waals surface area contributed by atoms with E-state index in [1.54, 1.807) is 0 Å². The minimum absolute atomic E-state index is 0.345. The Labute approximate surface area is 129 Å². The van der Waals surface area contributed by atoms with Gasteiger partial charge in [0.05, 0.1) is 6.61 Å². The van der Waals surface area contributed by atoms with Crippen LogP contribution in [0.25, 0.3) is 0 Å². The van der Waals surface area contributed by atoms with E-state index in [9.17, 15) is 0 Å². The SMILES string of the molecule is CCCC(CCC)C(Br)c1cc(Cl)cc2c1OCC2. The first kappa shape index (κ1) is 15.2. The average molecular weight is 346 g/mol. The van der Waals surface area contributed by atoms with E-state index >= 15 is 0 Å². The molecule has 0 N–H and O–H groups in total. The van der Waals surface area contributed by atoms with Crippen LogP contribution < -0.4 is 4.74 Å². The van der Waals surface area contributed by atoms with Gasteiger partial charge in [0.25, 0.3) is 0 Å². The van der Waals surface area contributed by atoms with Crippen LogP contribution in [-0.4, -0.2) is 6.61 Å². The van der Waals surface area contributed by atoms with Crippen molar-refractivity contribution in [1.29, 1.82) is 0 Å². The molecule has 1 nitrogen and oxygen atoms in total. The van der Waals surface area contributed by atoms with E-state index < -0.39 is 0 Å². The van der Waals surface area contributed by atoms with Gasteiger partial charge in [0.15, 0.2) is 0 Å². The summed E-state index contributed by atoms with van der Waals surface area (Å²) in [7, 11) is 0. The van der Waals surface area contributed by atoms with Gasteiger partial charge >= 0.3 is 0 Å². The van der Waals surface area contributed by atoms with Crippen molar-refractivity contribution in [2.45, 2.75) is 50.8 Å². The number of hydrogen-bond donors (Lipinski definition) is 0. The highest BCUT2D eigenvalue weighted by Crippen LogP contribution is 2.45. The zero-order valence-corrected chi connectivity index (χ0v) is 14.1. The van der Waals surface area contributed by atoms with E-state index in [4.69, 9.17) is 16.3 Å². The van der Waals surface area contributed by atoms with Crippen LogP contribution in [0.3, 0.4) is 0 Å². The van der Waals surface area contributed by atoms with Crippen molar-refractivity contribution in [2.75, 3.05) is 6.61 Å². The summed E-state index contributed by atoms with van der Waals surface area (Å²) in [6, 6.07) is 4.12. The molecule has 1 aliphatic heterocycles. The molecule has 1 aromatic carbocycles. The van der Waals surface area contributed by atoms with E-state index in [-0.39, 0.29) is 0 Å². The molecule has 0 bridgehead atoms. The first-order valence-corrected chi connectivity index (χ1v) is 8.55. The zero-order valence-electron chi connectivity index (χ0n) is 11.7. The van der Waals surface area contributed by atoms with Crippen molar-refractivity contribution < 1.29 is 4.74 Å². The lowest BCUT2D eigenvalue weighted by Gasteiger charge is -2.24. The molecule has 1 aromatic rings. The average Bonchev–Trinajstić information content (AvgIpc) is 2.84. The normalized spacial score (nSPS) is 15.4. The molecular weight excluding hydrogens is 324 g/mol. The highest BCUT2D eigenvalue weighted by Gasteiger charge is 2.26. The summed E-state index contributed by atoms with van der Waals surface area (Å²) in [5.41, 5.74) is 2.51. The molecule has 19 heavy (non-hydrogen) atoms. The lowest BCUT2D eigenvalue weighted by atomic mass is 9.90. The minimum Gasteiger partial charge on any atom is -0.493 e. The first-order chi connectivity index (χ1) is 9.17. The van der Waals surface area contributed by atoms with E-state index in [1.165, 1.54) is 36.8 Å². The fraction of sp³-hybridized carbons (Fsp3) is 0.625. The fourth-order valence-corrected chi connectivity index (χ4v) is 4.05. The summed E-state index contributed by atoms with van der Waals surface area (Å²) < 4.78 is 5.82. The molecule has 0 aromatic heterocycles. The predicted molar refractivity (Wildman–Crippen MR) is 85.6 cm³/mol. The molecule has 0 fully saturated rings. The maximum Gasteiger partial charge on any atom is 0.127 e. The van der Waals surface area contributed by atoms with Gasteiger partial charge in [-0.05, 0) is 36.5 Å².